The molecule has 14 heavy (non-hydrogen) atoms. The van der Waals surface area contributed by atoms with E-state index in [0.717, 1.165) is 0 Å². The van der Waals surface area contributed by atoms with Gasteiger partial charge in [0.15, 0.2) is 0 Å². The van der Waals surface area contributed by atoms with Crippen molar-refractivity contribution in [3.05, 3.63) is 21.4 Å². The monoisotopic (exact) mass is 213 g/mol. The summed E-state index contributed by atoms with van der Waals surface area (Å²) < 4.78 is 4.72. The number of amides is 1. The Morgan fingerprint density at radius 1 is 1.57 bits per heavy atom. The smallest absolute Gasteiger partial charge is 0.246 e. The third kappa shape index (κ3) is 2.82. The molecule has 78 valence electrons. The van der Waals surface area contributed by atoms with E-state index in [1.807, 2.05) is 0 Å². The van der Waals surface area contributed by atoms with Crippen LogP contribution in [0.2, 0.25) is 0 Å². The lowest BCUT2D eigenvalue weighted by atomic mass is 10.2. The van der Waals surface area contributed by atoms with Gasteiger partial charge in [0.25, 0.3) is 0 Å². The molecule has 1 rings (SSSR count). The molecule has 1 heterocycles. The summed E-state index contributed by atoms with van der Waals surface area (Å²) in [7, 11) is 1.51. The average molecular weight is 213 g/mol. The second-order valence-corrected chi connectivity index (χ2v) is 4.24. The van der Waals surface area contributed by atoms with Gasteiger partial charge in [-0.3, -0.25) is 4.79 Å². The first-order chi connectivity index (χ1) is 6.65. The molecule has 0 fully saturated rings. The molecule has 0 aliphatic heterocycles. The number of thiophene rings is 1. The maximum Gasteiger partial charge on any atom is 0.246 e. The van der Waals surface area contributed by atoms with Crippen LogP contribution in [0.15, 0.2) is 5.38 Å². The van der Waals surface area contributed by atoms with Crippen LogP contribution < -0.4 is 5.32 Å². The van der Waals surface area contributed by atoms with Crippen molar-refractivity contribution < 1.29 is 9.53 Å². The Bertz CT molecular complexity index is 320. The van der Waals surface area contributed by atoms with Crippen LogP contribution in [0.5, 0.6) is 0 Å². The molecule has 0 aliphatic rings. The fourth-order valence-corrected chi connectivity index (χ4v) is 2.00. The van der Waals surface area contributed by atoms with Gasteiger partial charge in [0.05, 0.1) is 0 Å². The molecule has 0 atom stereocenters. The molecule has 0 bridgehead atoms. The van der Waals surface area contributed by atoms with Gasteiger partial charge in [-0.2, -0.15) is 0 Å². The van der Waals surface area contributed by atoms with Gasteiger partial charge < -0.3 is 10.1 Å². The number of hydrogen-bond acceptors (Lipinski definition) is 3. The first kappa shape index (κ1) is 11.2. The highest BCUT2D eigenvalue weighted by molar-refractivity contribution is 7.10. The quantitative estimate of drug-likeness (QED) is 0.825. The summed E-state index contributed by atoms with van der Waals surface area (Å²) in [6.45, 7) is 4.88. The number of ether oxygens (including phenoxy) is 1. The molecule has 4 heteroatoms. The van der Waals surface area contributed by atoms with Gasteiger partial charge in [-0.15, -0.1) is 11.3 Å². The summed E-state index contributed by atoms with van der Waals surface area (Å²) in [5, 5.41) is 4.88. The van der Waals surface area contributed by atoms with Crippen LogP contribution in [-0.2, 0) is 16.1 Å². The normalized spacial score (nSPS) is 10.2. The van der Waals surface area contributed by atoms with Crippen molar-refractivity contribution in [2.45, 2.75) is 20.4 Å². The third-order valence-corrected chi connectivity index (χ3v) is 3.20. The molecule has 1 amide bonds. The Kier molecular flexibility index (Phi) is 4.10. The van der Waals surface area contributed by atoms with Gasteiger partial charge >= 0.3 is 0 Å². The fourth-order valence-electron chi connectivity index (χ4n) is 1.11. The lowest BCUT2D eigenvalue weighted by Crippen LogP contribution is -2.26. The largest absolute Gasteiger partial charge is 0.375 e. The number of aryl methyl sites for hydroxylation is 1. The average Bonchev–Trinajstić information content (AvgIpc) is 2.46. The van der Waals surface area contributed by atoms with Crippen LogP contribution in [0.4, 0.5) is 0 Å². The van der Waals surface area contributed by atoms with Crippen molar-refractivity contribution in [2.24, 2.45) is 0 Å². The predicted octanol–water partition coefficient (Wildman–Crippen LogP) is 1.63. The van der Waals surface area contributed by atoms with Crippen molar-refractivity contribution in [3.8, 4) is 0 Å². The molecule has 0 spiro atoms. The van der Waals surface area contributed by atoms with Gasteiger partial charge in [0.2, 0.25) is 5.91 Å². The molecule has 1 aromatic heterocycles. The molecule has 0 aliphatic carbocycles. The van der Waals surface area contributed by atoms with E-state index < -0.39 is 0 Å². The molecule has 1 N–H and O–H groups in total. The van der Waals surface area contributed by atoms with Crippen molar-refractivity contribution in [1.82, 2.24) is 5.32 Å². The number of hydrogen-bond donors (Lipinski definition) is 1. The Labute approximate surface area is 88.1 Å². The van der Waals surface area contributed by atoms with Crippen molar-refractivity contribution in [3.63, 3.8) is 0 Å². The maximum atomic E-state index is 11.1. The Morgan fingerprint density at radius 3 is 2.79 bits per heavy atom. The highest BCUT2D eigenvalue weighted by atomic mass is 32.1. The van der Waals surface area contributed by atoms with Crippen LogP contribution in [0.1, 0.15) is 16.0 Å². The minimum absolute atomic E-state index is 0.0734. The van der Waals surface area contributed by atoms with Crippen molar-refractivity contribution in [1.29, 1.82) is 0 Å². The number of carbonyl (C=O) groups excluding carboxylic acids is 1. The van der Waals surface area contributed by atoms with E-state index in [9.17, 15) is 4.79 Å². The Morgan fingerprint density at radius 2 is 2.29 bits per heavy atom. The van der Waals surface area contributed by atoms with Crippen LogP contribution in [-0.4, -0.2) is 19.6 Å². The van der Waals surface area contributed by atoms with E-state index in [-0.39, 0.29) is 12.5 Å². The molecule has 0 saturated heterocycles. The van der Waals surface area contributed by atoms with Crippen LogP contribution >= 0.6 is 11.3 Å². The van der Waals surface area contributed by atoms with Crippen molar-refractivity contribution in [2.75, 3.05) is 13.7 Å². The Balaban J connectivity index is 2.46. The van der Waals surface area contributed by atoms with E-state index in [2.05, 4.69) is 24.5 Å². The summed E-state index contributed by atoms with van der Waals surface area (Å²) in [5.74, 6) is -0.0734. The first-order valence-corrected chi connectivity index (χ1v) is 5.32. The molecule has 0 aromatic carbocycles. The zero-order valence-corrected chi connectivity index (χ0v) is 9.53. The zero-order valence-electron chi connectivity index (χ0n) is 8.72. The first-order valence-electron chi connectivity index (χ1n) is 4.44. The number of methoxy groups -OCH3 is 1. The van der Waals surface area contributed by atoms with E-state index >= 15 is 0 Å². The molecule has 1 aromatic rings. The molecule has 0 radical (unpaired) electrons. The third-order valence-electron chi connectivity index (χ3n) is 2.14. The summed E-state index contributed by atoms with van der Waals surface area (Å²) >= 11 is 1.71. The predicted molar refractivity (Wildman–Crippen MR) is 57.5 cm³/mol. The Hall–Kier alpha value is -0.870. The maximum absolute atomic E-state index is 11.1. The zero-order chi connectivity index (χ0) is 10.6. The fraction of sp³-hybridized carbons (Fsp3) is 0.500. The highest BCUT2D eigenvalue weighted by Crippen LogP contribution is 2.19. The molecule has 0 saturated carbocycles. The van der Waals surface area contributed by atoms with Crippen molar-refractivity contribution >= 4 is 17.2 Å². The topological polar surface area (TPSA) is 38.3 Å². The lowest BCUT2D eigenvalue weighted by Gasteiger charge is -2.03. The SMILES string of the molecule is COCC(=O)NCc1csc(C)c1C. The van der Waals surface area contributed by atoms with Crippen LogP contribution in [0.25, 0.3) is 0 Å². The number of rotatable bonds is 4. The van der Waals surface area contributed by atoms with Gasteiger partial charge in [-0.25, -0.2) is 0 Å². The van der Waals surface area contributed by atoms with Crippen LogP contribution in [0.3, 0.4) is 0 Å². The van der Waals surface area contributed by atoms with Gasteiger partial charge in [0, 0.05) is 18.5 Å². The van der Waals surface area contributed by atoms with E-state index in [4.69, 9.17) is 4.74 Å². The second-order valence-electron chi connectivity index (χ2n) is 3.15. The van der Waals surface area contributed by atoms with Gasteiger partial charge in [0.1, 0.15) is 6.61 Å². The number of nitrogens with one attached hydrogen (secondary N) is 1. The molecule has 0 unspecified atom stereocenters. The summed E-state index contributed by atoms with van der Waals surface area (Å²) in [6, 6.07) is 0. The number of carbonyl (C=O) groups is 1. The van der Waals surface area contributed by atoms with Gasteiger partial charge in [-0.05, 0) is 30.4 Å². The lowest BCUT2D eigenvalue weighted by molar-refractivity contribution is -0.124. The summed E-state index contributed by atoms with van der Waals surface area (Å²) in [5.41, 5.74) is 2.46. The van der Waals surface area contributed by atoms with Crippen LogP contribution in [0, 0.1) is 13.8 Å². The minimum atomic E-state index is -0.0734. The van der Waals surface area contributed by atoms with Gasteiger partial charge in [-0.1, -0.05) is 0 Å². The van der Waals surface area contributed by atoms with E-state index in [0.29, 0.717) is 6.54 Å². The highest BCUT2D eigenvalue weighted by Gasteiger charge is 2.05. The molecule has 3 nitrogen and oxygen atoms in total. The minimum Gasteiger partial charge on any atom is -0.375 e. The van der Waals surface area contributed by atoms with E-state index in [1.54, 1.807) is 11.3 Å². The van der Waals surface area contributed by atoms with E-state index in [1.165, 1.54) is 23.1 Å². The summed E-state index contributed by atoms with van der Waals surface area (Å²) in [4.78, 5) is 12.4. The molecular weight excluding hydrogens is 198 g/mol. The second kappa shape index (κ2) is 5.12. The standard InChI is InChI=1S/C10H15NO2S/c1-7-8(2)14-6-9(7)4-11-10(12)5-13-3/h6H,4-5H2,1-3H3,(H,11,12). The molecular formula is C10H15NO2S. The summed E-state index contributed by atoms with van der Waals surface area (Å²) in [6.07, 6.45) is 0.